The highest BCUT2D eigenvalue weighted by molar-refractivity contribution is 5.97. The summed E-state index contributed by atoms with van der Waals surface area (Å²) in [5.74, 6) is -0.136. The van der Waals surface area contributed by atoms with E-state index in [1.165, 1.54) is 6.33 Å². The van der Waals surface area contributed by atoms with Crippen molar-refractivity contribution in [3.05, 3.63) is 42.5 Å². The Morgan fingerprint density at radius 1 is 1.45 bits per heavy atom. The van der Waals surface area contributed by atoms with Gasteiger partial charge in [0.1, 0.15) is 12.7 Å². The van der Waals surface area contributed by atoms with Crippen molar-refractivity contribution in [2.75, 3.05) is 33.3 Å². The Morgan fingerprint density at radius 3 is 3.09 bits per heavy atom. The topological polar surface area (TPSA) is 72.3 Å². The number of hydrogen-bond acceptors (Lipinski definition) is 5. The lowest BCUT2D eigenvalue weighted by molar-refractivity contribution is -0.0175. The molecule has 1 atom stereocenters. The first kappa shape index (κ1) is 14.7. The minimum absolute atomic E-state index is 0.0289. The number of morpholine rings is 1. The van der Waals surface area contributed by atoms with Crippen LogP contribution in [-0.2, 0) is 4.74 Å². The van der Waals surface area contributed by atoms with E-state index in [1.54, 1.807) is 17.1 Å². The molecule has 2 aromatic rings. The largest absolute Gasteiger partial charge is 0.374 e. The number of aromatic nitrogens is 3. The number of nitrogens with zero attached hydrogens (tertiary/aromatic N) is 4. The molecule has 1 aliphatic rings. The quantitative estimate of drug-likeness (QED) is 0.881. The average molecular weight is 301 g/mol. The van der Waals surface area contributed by atoms with E-state index in [-0.39, 0.29) is 12.0 Å². The predicted molar refractivity (Wildman–Crippen MR) is 80.9 cm³/mol. The molecule has 7 nitrogen and oxygen atoms in total. The first-order chi connectivity index (χ1) is 10.7. The third-order valence-corrected chi connectivity index (χ3v) is 3.65. The summed E-state index contributed by atoms with van der Waals surface area (Å²) in [5, 5.41) is 7.02. The van der Waals surface area contributed by atoms with Gasteiger partial charge in [-0.25, -0.2) is 9.67 Å². The maximum atomic E-state index is 12.4. The molecule has 3 rings (SSSR count). The van der Waals surface area contributed by atoms with E-state index in [1.807, 2.05) is 18.2 Å². The summed E-state index contributed by atoms with van der Waals surface area (Å²) in [4.78, 5) is 18.6. The molecule has 1 fully saturated rings. The lowest BCUT2D eigenvalue weighted by Crippen LogP contribution is -2.46. The van der Waals surface area contributed by atoms with Gasteiger partial charge in [-0.3, -0.25) is 4.79 Å². The Labute approximate surface area is 128 Å². The zero-order chi connectivity index (χ0) is 15.4. The Hall–Kier alpha value is -2.25. The molecule has 2 heterocycles. The lowest BCUT2D eigenvalue weighted by Gasteiger charge is -2.30. The summed E-state index contributed by atoms with van der Waals surface area (Å²) in [6, 6.07) is 7.32. The van der Waals surface area contributed by atoms with Crippen LogP contribution in [-0.4, -0.2) is 65.0 Å². The van der Waals surface area contributed by atoms with Crippen LogP contribution in [0.2, 0.25) is 0 Å². The second-order valence-electron chi connectivity index (χ2n) is 5.32. The Kier molecular flexibility index (Phi) is 4.45. The van der Waals surface area contributed by atoms with Crippen molar-refractivity contribution >= 4 is 5.91 Å². The molecule has 1 aromatic heterocycles. The van der Waals surface area contributed by atoms with Crippen LogP contribution >= 0.6 is 0 Å². The number of carbonyl (C=O) groups is 1. The first-order valence-corrected chi connectivity index (χ1v) is 7.26. The number of hydrogen-bond donors (Lipinski definition) is 1. The van der Waals surface area contributed by atoms with Crippen LogP contribution < -0.4 is 5.32 Å². The smallest absolute Gasteiger partial charge is 0.253 e. The van der Waals surface area contributed by atoms with Crippen LogP contribution in [0.3, 0.4) is 0 Å². The summed E-state index contributed by atoms with van der Waals surface area (Å²) >= 11 is 0. The van der Waals surface area contributed by atoms with Crippen molar-refractivity contribution in [1.82, 2.24) is 25.0 Å². The third kappa shape index (κ3) is 3.32. The van der Waals surface area contributed by atoms with Crippen molar-refractivity contribution in [2.24, 2.45) is 0 Å². The van der Waals surface area contributed by atoms with E-state index in [0.717, 1.165) is 13.1 Å². The van der Waals surface area contributed by atoms with E-state index in [9.17, 15) is 4.79 Å². The molecule has 1 aliphatic heterocycles. The molecule has 1 saturated heterocycles. The van der Waals surface area contributed by atoms with Gasteiger partial charge in [0.05, 0.1) is 24.0 Å². The number of nitrogens with one attached hydrogen (secondary N) is 1. The van der Waals surface area contributed by atoms with E-state index in [0.29, 0.717) is 24.4 Å². The predicted octanol–water partition coefficient (Wildman–Crippen LogP) is 0.328. The molecular weight excluding hydrogens is 282 g/mol. The molecule has 0 radical (unpaired) electrons. The van der Waals surface area contributed by atoms with Gasteiger partial charge < -0.3 is 15.0 Å². The second kappa shape index (κ2) is 6.67. The maximum absolute atomic E-state index is 12.4. The van der Waals surface area contributed by atoms with E-state index in [4.69, 9.17) is 4.74 Å². The van der Waals surface area contributed by atoms with E-state index < -0.39 is 0 Å². The molecule has 0 bridgehead atoms. The van der Waals surface area contributed by atoms with Crippen LogP contribution in [0.15, 0.2) is 36.9 Å². The average Bonchev–Trinajstić information content (AvgIpc) is 3.07. The fourth-order valence-electron chi connectivity index (χ4n) is 2.49. The molecule has 1 aromatic carbocycles. The van der Waals surface area contributed by atoms with Crippen LogP contribution in [0.25, 0.3) is 5.69 Å². The highest BCUT2D eigenvalue weighted by Gasteiger charge is 2.19. The van der Waals surface area contributed by atoms with Gasteiger partial charge in [0.2, 0.25) is 0 Å². The van der Waals surface area contributed by atoms with Gasteiger partial charge >= 0.3 is 0 Å². The van der Waals surface area contributed by atoms with Gasteiger partial charge in [-0.15, -0.1) is 0 Å². The van der Waals surface area contributed by atoms with Gasteiger partial charge in [0, 0.05) is 19.6 Å². The second-order valence-corrected chi connectivity index (χ2v) is 5.32. The SMILES string of the molecule is CN1CCOC(CNC(=O)c2ccccc2-n2cncn2)C1. The van der Waals surface area contributed by atoms with Gasteiger partial charge in [0.15, 0.2) is 0 Å². The van der Waals surface area contributed by atoms with Gasteiger partial charge in [-0.2, -0.15) is 5.10 Å². The fraction of sp³-hybridized carbons (Fsp3) is 0.400. The molecule has 1 unspecified atom stereocenters. The summed E-state index contributed by atoms with van der Waals surface area (Å²) < 4.78 is 7.24. The zero-order valence-corrected chi connectivity index (χ0v) is 12.5. The highest BCUT2D eigenvalue weighted by atomic mass is 16.5. The Balaban J connectivity index is 1.68. The molecule has 0 spiro atoms. The van der Waals surface area contributed by atoms with Crippen LogP contribution in [0.1, 0.15) is 10.4 Å². The van der Waals surface area contributed by atoms with E-state index in [2.05, 4.69) is 27.3 Å². The molecular formula is C15H19N5O2. The Morgan fingerprint density at radius 2 is 2.32 bits per heavy atom. The van der Waals surface area contributed by atoms with Gasteiger partial charge in [0.25, 0.3) is 5.91 Å². The molecule has 0 aliphatic carbocycles. The molecule has 0 saturated carbocycles. The first-order valence-electron chi connectivity index (χ1n) is 7.26. The minimum atomic E-state index is -0.136. The molecule has 7 heteroatoms. The maximum Gasteiger partial charge on any atom is 0.253 e. The lowest BCUT2D eigenvalue weighted by atomic mass is 10.1. The molecule has 116 valence electrons. The van der Waals surface area contributed by atoms with Crippen LogP contribution in [0, 0.1) is 0 Å². The van der Waals surface area contributed by atoms with Crippen molar-refractivity contribution in [3.63, 3.8) is 0 Å². The normalized spacial score (nSPS) is 19.0. The number of likely N-dealkylation sites (N-methyl/N-ethyl adjacent to an activating group) is 1. The third-order valence-electron chi connectivity index (χ3n) is 3.65. The van der Waals surface area contributed by atoms with Crippen LogP contribution in [0.4, 0.5) is 0 Å². The minimum Gasteiger partial charge on any atom is -0.374 e. The number of amides is 1. The van der Waals surface area contributed by atoms with Crippen molar-refractivity contribution in [1.29, 1.82) is 0 Å². The standard InChI is InChI=1S/C15H19N5O2/c1-19-6-7-22-12(9-19)8-17-15(21)13-4-2-3-5-14(13)20-11-16-10-18-20/h2-5,10-12H,6-9H2,1H3,(H,17,21). The van der Waals surface area contributed by atoms with Gasteiger partial charge in [-0.1, -0.05) is 12.1 Å². The number of benzene rings is 1. The number of ether oxygens (including phenoxy) is 1. The van der Waals surface area contributed by atoms with E-state index >= 15 is 0 Å². The fourth-order valence-corrected chi connectivity index (χ4v) is 2.49. The van der Waals surface area contributed by atoms with Crippen LogP contribution in [0.5, 0.6) is 0 Å². The number of para-hydroxylation sites is 1. The summed E-state index contributed by atoms with van der Waals surface area (Å²) in [7, 11) is 2.05. The zero-order valence-electron chi connectivity index (χ0n) is 12.5. The monoisotopic (exact) mass is 301 g/mol. The summed E-state index contributed by atoms with van der Waals surface area (Å²) in [6.45, 7) is 2.95. The molecule has 1 amide bonds. The molecule has 1 N–H and O–H groups in total. The summed E-state index contributed by atoms with van der Waals surface area (Å²) in [5.41, 5.74) is 1.27. The van der Waals surface area contributed by atoms with Crippen molar-refractivity contribution in [3.8, 4) is 5.69 Å². The highest BCUT2D eigenvalue weighted by Crippen LogP contribution is 2.13. The summed E-state index contributed by atoms with van der Waals surface area (Å²) in [6.07, 6.45) is 3.05. The Bertz CT molecular complexity index is 629. The van der Waals surface area contributed by atoms with Crippen molar-refractivity contribution in [2.45, 2.75) is 6.10 Å². The number of carbonyl (C=O) groups excluding carboxylic acids is 1. The molecule has 22 heavy (non-hydrogen) atoms. The van der Waals surface area contributed by atoms with Crippen molar-refractivity contribution < 1.29 is 9.53 Å². The number of rotatable bonds is 4. The van der Waals surface area contributed by atoms with Gasteiger partial charge in [-0.05, 0) is 19.2 Å².